The Labute approximate surface area is 157 Å². The number of nitrogens with zero attached hydrogens (tertiary/aromatic N) is 2. The van der Waals surface area contributed by atoms with Crippen molar-refractivity contribution in [1.82, 2.24) is 9.55 Å². The summed E-state index contributed by atoms with van der Waals surface area (Å²) in [5.74, 6) is 0.254. The molecule has 0 saturated carbocycles. The highest BCUT2D eigenvalue weighted by Gasteiger charge is 2.20. The molecule has 0 unspecified atom stereocenters. The Kier molecular flexibility index (Phi) is 4.50. The number of thioether (sulfide) groups is 1. The molecule has 0 bridgehead atoms. The number of aromatic hydroxyl groups is 1. The van der Waals surface area contributed by atoms with Crippen molar-refractivity contribution in [3.63, 3.8) is 0 Å². The van der Waals surface area contributed by atoms with E-state index in [9.17, 15) is 5.11 Å². The molecule has 4 aromatic rings. The summed E-state index contributed by atoms with van der Waals surface area (Å²) in [4.78, 5) is 4.94. The number of imidazole rings is 1. The number of aromatic nitrogens is 2. The smallest absolute Gasteiger partial charge is 0.173 e. The molecule has 0 saturated heterocycles. The van der Waals surface area contributed by atoms with E-state index >= 15 is 0 Å². The minimum atomic E-state index is 0.254. The van der Waals surface area contributed by atoms with E-state index in [1.807, 2.05) is 54.8 Å². The Hall–Kier alpha value is -2.98. The minimum absolute atomic E-state index is 0.254. The molecule has 0 amide bonds. The number of hydrogen-bond donors (Lipinski definition) is 1. The van der Waals surface area contributed by atoms with Crippen LogP contribution in [-0.4, -0.2) is 20.9 Å². The van der Waals surface area contributed by atoms with Crippen LogP contribution in [0, 0.1) is 0 Å². The number of rotatable bonds is 4. The van der Waals surface area contributed by atoms with Gasteiger partial charge in [0.05, 0.1) is 11.4 Å². The molecule has 1 N–H and O–H groups in total. The molecule has 4 rings (SSSR count). The second-order valence-electron chi connectivity index (χ2n) is 5.88. The first kappa shape index (κ1) is 16.5. The summed E-state index contributed by atoms with van der Waals surface area (Å²) in [6, 6.07) is 27.8. The van der Waals surface area contributed by atoms with E-state index < -0.39 is 0 Å². The highest BCUT2D eigenvalue weighted by Crippen LogP contribution is 2.37. The summed E-state index contributed by atoms with van der Waals surface area (Å²) in [6.07, 6.45) is 2.03. The van der Waals surface area contributed by atoms with Crippen molar-refractivity contribution in [3.05, 3.63) is 84.9 Å². The summed E-state index contributed by atoms with van der Waals surface area (Å²) < 4.78 is 2.15. The summed E-state index contributed by atoms with van der Waals surface area (Å²) in [5.41, 5.74) is 5.16. The molecule has 0 fully saturated rings. The predicted molar refractivity (Wildman–Crippen MR) is 108 cm³/mol. The second-order valence-corrected chi connectivity index (χ2v) is 6.65. The average Bonchev–Trinajstić information content (AvgIpc) is 3.09. The Morgan fingerprint density at radius 3 is 1.92 bits per heavy atom. The lowest BCUT2D eigenvalue weighted by atomic mass is 10.0. The monoisotopic (exact) mass is 358 g/mol. The van der Waals surface area contributed by atoms with Gasteiger partial charge in [0.2, 0.25) is 0 Å². The number of phenols is 1. The first-order valence-electron chi connectivity index (χ1n) is 8.35. The van der Waals surface area contributed by atoms with Gasteiger partial charge in [-0.3, -0.25) is 4.57 Å². The lowest BCUT2D eigenvalue weighted by Gasteiger charge is -2.12. The van der Waals surface area contributed by atoms with Crippen LogP contribution in [0.4, 0.5) is 0 Å². The van der Waals surface area contributed by atoms with E-state index in [4.69, 9.17) is 4.98 Å². The highest BCUT2D eigenvalue weighted by atomic mass is 32.2. The van der Waals surface area contributed by atoms with Crippen molar-refractivity contribution in [1.29, 1.82) is 0 Å². The van der Waals surface area contributed by atoms with Crippen LogP contribution < -0.4 is 0 Å². The summed E-state index contributed by atoms with van der Waals surface area (Å²) in [7, 11) is 0. The molecule has 0 aliphatic rings. The Bertz CT molecular complexity index is 1010. The molecular formula is C22H18N2OS. The first-order chi connectivity index (χ1) is 12.8. The third-order valence-corrected chi connectivity index (χ3v) is 4.87. The van der Waals surface area contributed by atoms with Crippen molar-refractivity contribution in [2.24, 2.45) is 0 Å². The third-order valence-electron chi connectivity index (χ3n) is 4.23. The van der Waals surface area contributed by atoms with Crippen LogP contribution in [0.15, 0.2) is 90.1 Å². The van der Waals surface area contributed by atoms with Crippen LogP contribution in [0.2, 0.25) is 0 Å². The van der Waals surface area contributed by atoms with Crippen molar-refractivity contribution in [2.45, 2.75) is 5.16 Å². The quantitative estimate of drug-likeness (QED) is 0.480. The van der Waals surface area contributed by atoms with E-state index in [1.165, 1.54) is 0 Å². The van der Waals surface area contributed by atoms with Gasteiger partial charge in [0.25, 0.3) is 0 Å². The average molecular weight is 358 g/mol. The van der Waals surface area contributed by atoms with Gasteiger partial charge in [-0.15, -0.1) is 0 Å². The van der Waals surface area contributed by atoms with Gasteiger partial charge in [-0.2, -0.15) is 0 Å². The minimum Gasteiger partial charge on any atom is -0.508 e. The van der Waals surface area contributed by atoms with Gasteiger partial charge >= 0.3 is 0 Å². The Morgan fingerprint density at radius 2 is 1.35 bits per heavy atom. The van der Waals surface area contributed by atoms with Gasteiger partial charge in [0, 0.05) is 16.8 Å². The Balaban J connectivity index is 2.04. The van der Waals surface area contributed by atoms with Gasteiger partial charge in [0.15, 0.2) is 5.16 Å². The number of benzene rings is 3. The van der Waals surface area contributed by atoms with Gasteiger partial charge in [0.1, 0.15) is 5.75 Å². The van der Waals surface area contributed by atoms with Gasteiger partial charge < -0.3 is 5.11 Å². The van der Waals surface area contributed by atoms with Crippen LogP contribution in [0.1, 0.15) is 0 Å². The molecule has 0 aliphatic carbocycles. The second kappa shape index (κ2) is 7.10. The van der Waals surface area contributed by atoms with E-state index in [0.717, 1.165) is 33.4 Å². The maximum Gasteiger partial charge on any atom is 0.173 e. The van der Waals surface area contributed by atoms with E-state index in [1.54, 1.807) is 23.9 Å². The summed E-state index contributed by atoms with van der Waals surface area (Å²) in [6.45, 7) is 0. The van der Waals surface area contributed by atoms with Crippen molar-refractivity contribution in [2.75, 3.05) is 6.26 Å². The topological polar surface area (TPSA) is 38.0 Å². The van der Waals surface area contributed by atoms with E-state index in [2.05, 4.69) is 28.8 Å². The normalized spacial score (nSPS) is 10.8. The van der Waals surface area contributed by atoms with Gasteiger partial charge in [-0.25, -0.2) is 4.98 Å². The molecule has 0 aliphatic heterocycles. The fourth-order valence-corrected chi connectivity index (χ4v) is 3.60. The molecule has 0 spiro atoms. The molecule has 1 aromatic heterocycles. The summed E-state index contributed by atoms with van der Waals surface area (Å²) >= 11 is 1.61. The van der Waals surface area contributed by atoms with Crippen LogP contribution in [0.3, 0.4) is 0 Å². The zero-order valence-electron chi connectivity index (χ0n) is 14.3. The zero-order valence-corrected chi connectivity index (χ0v) is 15.1. The molecule has 4 heteroatoms. The molecule has 26 heavy (non-hydrogen) atoms. The maximum absolute atomic E-state index is 9.67. The van der Waals surface area contributed by atoms with E-state index in [-0.39, 0.29) is 5.75 Å². The third kappa shape index (κ3) is 3.00. The summed E-state index contributed by atoms with van der Waals surface area (Å²) in [5, 5.41) is 10.6. The SMILES string of the molecule is CSc1nc(-c2ccccc2)c(-c2ccccc2)n1-c1ccc(O)cc1. The molecule has 3 nitrogen and oxygen atoms in total. The fourth-order valence-electron chi connectivity index (χ4n) is 3.04. The molecule has 0 radical (unpaired) electrons. The maximum atomic E-state index is 9.67. The lowest BCUT2D eigenvalue weighted by Crippen LogP contribution is -1.99. The number of phenolic OH excluding ortho intramolecular Hbond substituents is 1. The van der Waals surface area contributed by atoms with Crippen molar-refractivity contribution >= 4 is 11.8 Å². The zero-order chi connectivity index (χ0) is 17.9. The Morgan fingerprint density at radius 1 is 0.769 bits per heavy atom. The first-order valence-corrected chi connectivity index (χ1v) is 9.57. The number of hydrogen-bond acceptors (Lipinski definition) is 3. The molecule has 3 aromatic carbocycles. The van der Waals surface area contributed by atoms with Crippen LogP contribution in [0.25, 0.3) is 28.2 Å². The molecule has 0 atom stereocenters. The van der Waals surface area contributed by atoms with Crippen LogP contribution >= 0.6 is 11.8 Å². The predicted octanol–water partition coefficient (Wildman–Crippen LogP) is 5.63. The van der Waals surface area contributed by atoms with Gasteiger partial charge in [-0.05, 0) is 30.5 Å². The fraction of sp³-hybridized carbons (Fsp3) is 0.0455. The van der Waals surface area contributed by atoms with Crippen LogP contribution in [0.5, 0.6) is 5.75 Å². The van der Waals surface area contributed by atoms with Crippen molar-refractivity contribution < 1.29 is 5.11 Å². The standard InChI is InChI=1S/C22H18N2OS/c1-26-22-23-20(16-8-4-2-5-9-16)21(17-10-6-3-7-11-17)24(22)18-12-14-19(25)15-13-18/h2-15,25H,1H3. The van der Waals surface area contributed by atoms with Crippen molar-refractivity contribution in [3.8, 4) is 34.0 Å². The largest absolute Gasteiger partial charge is 0.508 e. The lowest BCUT2D eigenvalue weighted by molar-refractivity contribution is 0.475. The molecular weight excluding hydrogens is 340 g/mol. The van der Waals surface area contributed by atoms with Crippen LogP contribution in [-0.2, 0) is 0 Å². The van der Waals surface area contributed by atoms with Gasteiger partial charge in [-0.1, -0.05) is 72.4 Å². The van der Waals surface area contributed by atoms with E-state index in [0.29, 0.717) is 0 Å². The highest BCUT2D eigenvalue weighted by molar-refractivity contribution is 7.98. The molecule has 1 heterocycles. The molecule has 128 valence electrons.